The summed E-state index contributed by atoms with van der Waals surface area (Å²) in [7, 11) is 0. The highest BCUT2D eigenvalue weighted by Gasteiger charge is 2.31. The van der Waals surface area contributed by atoms with Crippen LogP contribution in [0.1, 0.15) is 34.3 Å². The number of rotatable bonds is 2. The number of benzene rings is 2. The lowest BCUT2D eigenvalue weighted by Gasteiger charge is -2.35. The molecule has 2 saturated heterocycles. The number of carbonyl (C=O) groups is 2. The summed E-state index contributed by atoms with van der Waals surface area (Å²) in [4.78, 5) is 29.2. The fraction of sp³-hybridized carbons (Fsp3) is 0.391. The van der Waals surface area contributed by atoms with Crippen molar-refractivity contribution >= 4 is 11.8 Å². The average molecular weight is 376 g/mol. The van der Waals surface area contributed by atoms with Gasteiger partial charge in [-0.05, 0) is 53.6 Å². The second kappa shape index (κ2) is 7.06. The normalized spacial score (nSPS) is 20.8. The van der Waals surface area contributed by atoms with E-state index in [1.54, 1.807) is 0 Å². The van der Waals surface area contributed by atoms with Gasteiger partial charge in [0.05, 0.1) is 0 Å². The van der Waals surface area contributed by atoms with E-state index >= 15 is 0 Å². The van der Waals surface area contributed by atoms with E-state index in [0.29, 0.717) is 32.8 Å². The molecule has 0 N–H and O–H groups in total. The second-order valence-electron chi connectivity index (χ2n) is 7.82. The molecule has 2 amide bonds. The lowest BCUT2D eigenvalue weighted by molar-refractivity contribution is -0.142. The van der Waals surface area contributed by atoms with Crippen LogP contribution in [0.5, 0.6) is 0 Å². The van der Waals surface area contributed by atoms with Crippen LogP contribution in [0.15, 0.2) is 42.5 Å². The van der Waals surface area contributed by atoms with Crippen LogP contribution in [-0.4, -0.2) is 60.5 Å². The molecule has 5 nitrogen and oxygen atoms in total. The second-order valence-corrected chi connectivity index (χ2v) is 7.82. The Labute approximate surface area is 164 Å². The predicted molar refractivity (Wildman–Crippen MR) is 106 cm³/mol. The molecule has 28 heavy (non-hydrogen) atoms. The number of ether oxygens (including phenoxy) is 1. The molecule has 2 aromatic carbocycles. The van der Waals surface area contributed by atoms with Crippen molar-refractivity contribution in [2.75, 3.05) is 32.8 Å². The molecule has 2 heterocycles. The SMILES string of the molecule is O=C(c1ccc2c(c1)Cc1ccccc1-2)N1CCN(C(=O)C2CCCO2)CC1. The van der Waals surface area contributed by atoms with Crippen LogP contribution in [0, 0.1) is 0 Å². The highest BCUT2D eigenvalue weighted by molar-refractivity contribution is 5.96. The van der Waals surface area contributed by atoms with E-state index in [1.807, 2.05) is 21.9 Å². The monoisotopic (exact) mass is 376 g/mol. The fourth-order valence-electron chi connectivity index (χ4n) is 4.57. The van der Waals surface area contributed by atoms with Gasteiger partial charge in [-0.15, -0.1) is 0 Å². The van der Waals surface area contributed by atoms with E-state index in [-0.39, 0.29) is 17.9 Å². The van der Waals surface area contributed by atoms with Gasteiger partial charge < -0.3 is 14.5 Å². The van der Waals surface area contributed by atoms with Crippen molar-refractivity contribution in [2.45, 2.75) is 25.4 Å². The Bertz CT molecular complexity index is 925. The highest BCUT2D eigenvalue weighted by Crippen LogP contribution is 2.36. The first-order valence-corrected chi connectivity index (χ1v) is 10.1. The minimum absolute atomic E-state index is 0.0583. The molecule has 0 bridgehead atoms. The third-order valence-corrected chi connectivity index (χ3v) is 6.12. The van der Waals surface area contributed by atoms with Crippen molar-refractivity contribution in [1.82, 2.24) is 9.80 Å². The zero-order valence-electron chi connectivity index (χ0n) is 15.9. The van der Waals surface area contributed by atoms with Gasteiger partial charge >= 0.3 is 0 Å². The van der Waals surface area contributed by atoms with Gasteiger partial charge in [-0.25, -0.2) is 0 Å². The van der Waals surface area contributed by atoms with Crippen molar-refractivity contribution in [3.63, 3.8) is 0 Å². The van der Waals surface area contributed by atoms with Crippen molar-refractivity contribution in [2.24, 2.45) is 0 Å². The number of nitrogens with zero attached hydrogens (tertiary/aromatic N) is 2. The van der Waals surface area contributed by atoms with Crippen LogP contribution in [0.4, 0.5) is 0 Å². The minimum atomic E-state index is -0.277. The Morgan fingerprint density at radius 1 is 0.893 bits per heavy atom. The Balaban J connectivity index is 1.25. The molecule has 0 radical (unpaired) electrons. The molecule has 144 valence electrons. The molecule has 5 heteroatoms. The summed E-state index contributed by atoms with van der Waals surface area (Å²) in [5.74, 6) is 0.142. The molecule has 5 rings (SSSR count). The summed E-state index contributed by atoms with van der Waals surface area (Å²) in [5, 5.41) is 0. The van der Waals surface area contributed by atoms with Gasteiger partial charge in [-0.3, -0.25) is 9.59 Å². The van der Waals surface area contributed by atoms with E-state index in [1.165, 1.54) is 22.3 Å². The average Bonchev–Trinajstić information content (AvgIpc) is 3.40. The number of hydrogen-bond donors (Lipinski definition) is 0. The number of piperazine rings is 1. The zero-order valence-corrected chi connectivity index (χ0v) is 15.9. The van der Waals surface area contributed by atoms with Gasteiger partial charge in [0.15, 0.2) is 0 Å². The summed E-state index contributed by atoms with van der Waals surface area (Å²) >= 11 is 0. The fourth-order valence-corrected chi connectivity index (χ4v) is 4.57. The minimum Gasteiger partial charge on any atom is -0.368 e. The smallest absolute Gasteiger partial charge is 0.253 e. The number of hydrogen-bond acceptors (Lipinski definition) is 3. The topological polar surface area (TPSA) is 49.9 Å². The van der Waals surface area contributed by atoms with Crippen molar-refractivity contribution < 1.29 is 14.3 Å². The number of carbonyl (C=O) groups excluding carboxylic acids is 2. The maximum absolute atomic E-state index is 13.0. The third kappa shape index (κ3) is 3.00. The largest absolute Gasteiger partial charge is 0.368 e. The zero-order chi connectivity index (χ0) is 19.1. The molecule has 1 atom stereocenters. The maximum atomic E-state index is 13.0. The molecule has 1 aliphatic carbocycles. The van der Waals surface area contributed by atoms with Crippen LogP contribution >= 0.6 is 0 Å². The number of amides is 2. The Morgan fingerprint density at radius 2 is 1.64 bits per heavy atom. The Kier molecular flexibility index (Phi) is 4.40. The van der Waals surface area contributed by atoms with Gasteiger partial charge in [0.1, 0.15) is 6.10 Å². The third-order valence-electron chi connectivity index (χ3n) is 6.12. The van der Waals surface area contributed by atoms with Crippen molar-refractivity contribution in [1.29, 1.82) is 0 Å². The van der Waals surface area contributed by atoms with E-state index in [2.05, 4.69) is 30.3 Å². The van der Waals surface area contributed by atoms with Crippen LogP contribution in [0.25, 0.3) is 11.1 Å². The standard InChI is InChI=1S/C23H24N2O3/c26-22(24-9-11-25(12-10-24)23(27)21-6-3-13-28-21)17-7-8-20-18(15-17)14-16-4-1-2-5-19(16)20/h1-2,4-5,7-8,15,21H,3,6,9-14H2. The van der Waals surface area contributed by atoms with Gasteiger partial charge in [0.2, 0.25) is 0 Å². The van der Waals surface area contributed by atoms with E-state index < -0.39 is 0 Å². The first kappa shape index (κ1) is 17.4. The van der Waals surface area contributed by atoms with Crippen LogP contribution < -0.4 is 0 Å². The quantitative estimate of drug-likeness (QED) is 0.691. The molecular formula is C23H24N2O3. The van der Waals surface area contributed by atoms with E-state index in [9.17, 15) is 9.59 Å². The first-order chi connectivity index (χ1) is 13.7. The molecule has 2 aliphatic heterocycles. The van der Waals surface area contributed by atoms with Crippen molar-refractivity contribution in [3.05, 3.63) is 59.2 Å². The Morgan fingerprint density at radius 3 is 2.43 bits per heavy atom. The summed E-state index contributed by atoms with van der Waals surface area (Å²) in [6.45, 7) is 3.00. The van der Waals surface area contributed by atoms with Gasteiger partial charge in [0.25, 0.3) is 11.8 Å². The Hall–Kier alpha value is -2.66. The molecular weight excluding hydrogens is 352 g/mol. The summed E-state index contributed by atoms with van der Waals surface area (Å²) < 4.78 is 5.51. The summed E-state index contributed by atoms with van der Waals surface area (Å²) in [5.41, 5.74) is 5.80. The molecule has 1 unspecified atom stereocenters. The van der Waals surface area contributed by atoms with Gasteiger partial charge in [-0.2, -0.15) is 0 Å². The molecule has 3 aliphatic rings. The van der Waals surface area contributed by atoms with Crippen LogP contribution in [0.3, 0.4) is 0 Å². The number of fused-ring (bicyclic) bond motifs is 3. The lowest BCUT2D eigenvalue weighted by Crippen LogP contribution is -2.52. The van der Waals surface area contributed by atoms with Crippen LogP contribution in [-0.2, 0) is 16.0 Å². The van der Waals surface area contributed by atoms with E-state index in [0.717, 1.165) is 24.8 Å². The van der Waals surface area contributed by atoms with Crippen molar-refractivity contribution in [3.8, 4) is 11.1 Å². The maximum Gasteiger partial charge on any atom is 0.253 e. The highest BCUT2D eigenvalue weighted by atomic mass is 16.5. The van der Waals surface area contributed by atoms with Gasteiger partial charge in [-0.1, -0.05) is 30.3 Å². The molecule has 0 spiro atoms. The molecule has 0 aromatic heterocycles. The summed E-state index contributed by atoms with van der Waals surface area (Å²) in [6, 6.07) is 14.5. The molecule has 0 saturated carbocycles. The molecule has 2 fully saturated rings. The van der Waals surface area contributed by atoms with Gasteiger partial charge in [0, 0.05) is 38.3 Å². The lowest BCUT2D eigenvalue weighted by atomic mass is 10.0. The molecule has 2 aromatic rings. The predicted octanol–water partition coefficient (Wildman–Crippen LogP) is 2.72. The first-order valence-electron chi connectivity index (χ1n) is 10.1. The summed E-state index contributed by atoms with van der Waals surface area (Å²) in [6.07, 6.45) is 2.38. The van der Waals surface area contributed by atoms with Crippen LogP contribution in [0.2, 0.25) is 0 Å². The van der Waals surface area contributed by atoms with E-state index in [4.69, 9.17) is 4.74 Å².